The Kier molecular flexibility index (Phi) is 3.27. The molecule has 0 saturated heterocycles. The summed E-state index contributed by atoms with van der Waals surface area (Å²) in [6.07, 6.45) is 3.53. The molecule has 6 heteroatoms. The number of anilines is 1. The van der Waals surface area contributed by atoms with E-state index in [1.807, 2.05) is 13.0 Å². The van der Waals surface area contributed by atoms with Crippen LogP contribution in [0, 0.1) is 6.92 Å². The van der Waals surface area contributed by atoms with Crippen molar-refractivity contribution in [2.24, 2.45) is 0 Å². The number of carbonyl (C=O) groups is 1. The third-order valence-corrected chi connectivity index (χ3v) is 3.21. The monoisotopic (exact) mass is 283 g/mol. The Balaban J connectivity index is 1.82. The van der Waals surface area contributed by atoms with Crippen LogP contribution < -0.4 is 5.32 Å². The molecule has 0 bridgehead atoms. The Labute approximate surface area is 120 Å². The SMILES string of the molecule is Cc1ccncc1CNc1nc2ccc(C(=O)O)cc2o1. The number of aryl methyl sites for hydroxylation is 1. The molecule has 0 unspecified atom stereocenters. The lowest BCUT2D eigenvalue weighted by atomic mass is 10.2. The van der Waals surface area contributed by atoms with Crippen LogP contribution in [0.4, 0.5) is 6.01 Å². The Bertz CT molecular complexity index is 811. The number of rotatable bonds is 4. The van der Waals surface area contributed by atoms with E-state index in [0.29, 0.717) is 23.7 Å². The van der Waals surface area contributed by atoms with Crippen molar-refractivity contribution < 1.29 is 14.3 Å². The maximum atomic E-state index is 10.9. The van der Waals surface area contributed by atoms with Gasteiger partial charge in [-0.25, -0.2) is 4.79 Å². The first-order chi connectivity index (χ1) is 10.1. The van der Waals surface area contributed by atoms with Crippen molar-refractivity contribution in [3.63, 3.8) is 0 Å². The van der Waals surface area contributed by atoms with Crippen LogP contribution in [0.2, 0.25) is 0 Å². The summed E-state index contributed by atoms with van der Waals surface area (Å²) in [5, 5.41) is 12.0. The van der Waals surface area contributed by atoms with E-state index in [-0.39, 0.29) is 5.56 Å². The van der Waals surface area contributed by atoms with Crippen molar-refractivity contribution in [2.45, 2.75) is 13.5 Å². The van der Waals surface area contributed by atoms with Gasteiger partial charge in [0.1, 0.15) is 5.52 Å². The van der Waals surface area contributed by atoms with Gasteiger partial charge in [-0.3, -0.25) is 4.98 Å². The van der Waals surface area contributed by atoms with Gasteiger partial charge in [-0.15, -0.1) is 0 Å². The fraction of sp³-hybridized carbons (Fsp3) is 0.133. The van der Waals surface area contributed by atoms with Crippen molar-refractivity contribution in [3.05, 3.63) is 53.3 Å². The number of carboxylic acids is 1. The molecule has 2 N–H and O–H groups in total. The van der Waals surface area contributed by atoms with Gasteiger partial charge in [0.2, 0.25) is 0 Å². The summed E-state index contributed by atoms with van der Waals surface area (Å²) >= 11 is 0. The predicted octanol–water partition coefficient (Wildman–Crippen LogP) is 2.84. The molecule has 3 rings (SSSR count). The van der Waals surface area contributed by atoms with Gasteiger partial charge in [0.15, 0.2) is 5.58 Å². The summed E-state index contributed by atoms with van der Waals surface area (Å²) in [6, 6.07) is 6.88. The van der Waals surface area contributed by atoms with Crippen LogP contribution in [-0.4, -0.2) is 21.0 Å². The summed E-state index contributed by atoms with van der Waals surface area (Å²) in [4.78, 5) is 19.3. The van der Waals surface area contributed by atoms with Gasteiger partial charge in [0.05, 0.1) is 5.56 Å². The van der Waals surface area contributed by atoms with Crippen LogP contribution >= 0.6 is 0 Å². The second-order valence-corrected chi connectivity index (χ2v) is 4.66. The fourth-order valence-corrected chi connectivity index (χ4v) is 1.99. The molecular weight excluding hydrogens is 270 g/mol. The number of aromatic carboxylic acids is 1. The highest BCUT2D eigenvalue weighted by molar-refractivity contribution is 5.92. The number of fused-ring (bicyclic) bond motifs is 1. The minimum absolute atomic E-state index is 0.174. The quantitative estimate of drug-likeness (QED) is 0.765. The fourth-order valence-electron chi connectivity index (χ4n) is 1.99. The summed E-state index contributed by atoms with van der Waals surface area (Å²) in [5.41, 5.74) is 3.41. The van der Waals surface area contributed by atoms with Crippen LogP contribution in [-0.2, 0) is 6.54 Å². The Morgan fingerprint density at radius 2 is 2.24 bits per heavy atom. The van der Waals surface area contributed by atoms with E-state index in [1.165, 1.54) is 12.1 Å². The Hall–Kier alpha value is -2.89. The molecule has 0 saturated carbocycles. The molecule has 0 fully saturated rings. The van der Waals surface area contributed by atoms with Crippen LogP contribution in [0.5, 0.6) is 0 Å². The Morgan fingerprint density at radius 1 is 1.38 bits per heavy atom. The molecule has 0 amide bonds. The molecule has 2 heterocycles. The van der Waals surface area contributed by atoms with E-state index in [1.54, 1.807) is 18.5 Å². The molecule has 106 valence electrons. The first kappa shape index (κ1) is 13.1. The van der Waals surface area contributed by atoms with Crippen molar-refractivity contribution in [1.29, 1.82) is 0 Å². The van der Waals surface area contributed by atoms with Crippen LogP contribution in [0.15, 0.2) is 41.1 Å². The van der Waals surface area contributed by atoms with E-state index in [9.17, 15) is 4.79 Å². The van der Waals surface area contributed by atoms with Gasteiger partial charge in [-0.05, 0) is 42.3 Å². The van der Waals surface area contributed by atoms with E-state index >= 15 is 0 Å². The summed E-state index contributed by atoms with van der Waals surface area (Å²) in [6.45, 7) is 2.54. The van der Waals surface area contributed by atoms with Crippen LogP contribution in [0.3, 0.4) is 0 Å². The van der Waals surface area contributed by atoms with E-state index < -0.39 is 5.97 Å². The second kappa shape index (κ2) is 5.24. The average molecular weight is 283 g/mol. The standard InChI is InChI=1S/C15H13N3O3/c1-9-4-5-16-7-11(9)8-17-15-18-12-3-2-10(14(19)20)6-13(12)21-15/h2-7H,8H2,1H3,(H,17,18)(H,19,20). The first-order valence-corrected chi connectivity index (χ1v) is 6.41. The molecule has 0 atom stereocenters. The highest BCUT2D eigenvalue weighted by atomic mass is 16.4. The number of hydrogen-bond donors (Lipinski definition) is 2. The summed E-state index contributed by atoms with van der Waals surface area (Å²) in [7, 11) is 0. The van der Waals surface area contributed by atoms with E-state index in [0.717, 1.165) is 11.1 Å². The lowest BCUT2D eigenvalue weighted by Crippen LogP contribution is -2.01. The number of carboxylic acid groups (broad SMARTS) is 1. The highest BCUT2D eigenvalue weighted by Gasteiger charge is 2.09. The molecule has 3 aromatic rings. The second-order valence-electron chi connectivity index (χ2n) is 4.66. The number of benzene rings is 1. The Morgan fingerprint density at radius 3 is 3.00 bits per heavy atom. The van der Waals surface area contributed by atoms with Crippen molar-refractivity contribution in [2.75, 3.05) is 5.32 Å². The minimum atomic E-state index is -0.992. The lowest BCUT2D eigenvalue weighted by molar-refractivity contribution is 0.0697. The maximum Gasteiger partial charge on any atom is 0.335 e. The topological polar surface area (TPSA) is 88.2 Å². The van der Waals surface area contributed by atoms with Crippen molar-refractivity contribution in [3.8, 4) is 0 Å². The van der Waals surface area contributed by atoms with Crippen LogP contribution in [0.25, 0.3) is 11.1 Å². The average Bonchev–Trinajstić information content (AvgIpc) is 2.88. The third-order valence-electron chi connectivity index (χ3n) is 3.21. The number of hydrogen-bond acceptors (Lipinski definition) is 5. The maximum absolute atomic E-state index is 10.9. The molecule has 1 aromatic carbocycles. The van der Waals surface area contributed by atoms with Gasteiger partial charge in [0.25, 0.3) is 6.01 Å². The highest BCUT2D eigenvalue weighted by Crippen LogP contribution is 2.21. The molecule has 0 aliphatic rings. The molecule has 21 heavy (non-hydrogen) atoms. The molecule has 0 spiro atoms. The van der Waals surface area contributed by atoms with E-state index in [2.05, 4.69) is 15.3 Å². The largest absolute Gasteiger partial charge is 0.478 e. The predicted molar refractivity (Wildman–Crippen MR) is 77.3 cm³/mol. The molecular formula is C15H13N3O3. The number of nitrogens with zero attached hydrogens (tertiary/aromatic N) is 2. The number of aromatic nitrogens is 2. The number of nitrogens with one attached hydrogen (secondary N) is 1. The number of oxazole rings is 1. The van der Waals surface area contributed by atoms with Gasteiger partial charge >= 0.3 is 5.97 Å². The van der Waals surface area contributed by atoms with Gasteiger partial charge < -0.3 is 14.8 Å². The normalized spacial score (nSPS) is 10.7. The first-order valence-electron chi connectivity index (χ1n) is 6.41. The lowest BCUT2D eigenvalue weighted by Gasteiger charge is -2.04. The van der Waals surface area contributed by atoms with Crippen LogP contribution in [0.1, 0.15) is 21.5 Å². The summed E-state index contributed by atoms with van der Waals surface area (Å²) < 4.78 is 5.51. The zero-order valence-corrected chi connectivity index (χ0v) is 11.3. The smallest absolute Gasteiger partial charge is 0.335 e. The zero-order valence-electron chi connectivity index (χ0n) is 11.3. The van der Waals surface area contributed by atoms with Crippen molar-refractivity contribution in [1.82, 2.24) is 9.97 Å². The van der Waals surface area contributed by atoms with Gasteiger partial charge in [0, 0.05) is 18.9 Å². The zero-order chi connectivity index (χ0) is 14.8. The molecule has 0 radical (unpaired) electrons. The molecule has 2 aromatic heterocycles. The molecule has 0 aliphatic heterocycles. The minimum Gasteiger partial charge on any atom is -0.478 e. The van der Waals surface area contributed by atoms with Gasteiger partial charge in [-0.2, -0.15) is 4.98 Å². The van der Waals surface area contributed by atoms with Gasteiger partial charge in [-0.1, -0.05) is 0 Å². The molecule has 6 nitrogen and oxygen atoms in total. The molecule has 0 aliphatic carbocycles. The van der Waals surface area contributed by atoms with Crippen molar-refractivity contribution >= 4 is 23.1 Å². The number of pyridine rings is 1. The van der Waals surface area contributed by atoms with E-state index in [4.69, 9.17) is 9.52 Å². The summed E-state index contributed by atoms with van der Waals surface area (Å²) in [5.74, 6) is -0.992. The third kappa shape index (κ3) is 2.69.